The lowest BCUT2D eigenvalue weighted by Gasteiger charge is -2.18. The van der Waals surface area contributed by atoms with E-state index in [9.17, 15) is 22.0 Å². The molecular weight excluding hydrogens is 488 g/mol. The number of anilines is 2. The van der Waals surface area contributed by atoms with Crippen molar-refractivity contribution in [3.8, 4) is 11.3 Å². The molecule has 36 heavy (non-hydrogen) atoms. The van der Waals surface area contributed by atoms with Gasteiger partial charge in [0.1, 0.15) is 17.2 Å². The number of carbonyl (C=O) groups is 1. The lowest BCUT2D eigenvalue weighted by molar-refractivity contribution is 0.0957. The van der Waals surface area contributed by atoms with Crippen LogP contribution in [0.4, 0.5) is 20.3 Å². The molecule has 0 fully saturated rings. The quantitative estimate of drug-likeness (QED) is 0.383. The molecule has 0 radical (unpaired) electrons. The van der Waals surface area contributed by atoms with Crippen LogP contribution in [-0.2, 0) is 10.0 Å². The summed E-state index contributed by atoms with van der Waals surface area (Å²) in [5.41, 5.74) is 1.71. The molecule has 0 saturated heterocycles. The van der Waals surface area contributed by atoms with E-state index in [1.165, 1.54) is 4.68 Å². The van der Waals surface area contributed by atoms with E-state index in [2.05, 4.69) is 20.5 Å². The maximum absolute atomic E-state index is 14.9. The van der Waals surface area contributed by atoms with Gasteiger partial charge in [-0.05, 0) is 25.5 Å². The topological polar surface area (TPSA) is 105 Å². The molecule has 0 bridgehead atoms. The molecule has 0 aliphatic carbocycles. The zero-order valence-electron chi connectivity index (χ0n) is 20.5. The minimum atomic E-state index is -3.82. The highest BCUT2D eigenvalue weighted by molar-refractivity contribution is 7.92. The van der Waals surface area contributed by atoms with E-state index in [1.54, 1.807) is 13.1 Å². The number of nitrogens with zero attached hydrogens (tertiary/aromatic N) is 2. The summed E-state index contributed by atoms with van der Waals surface area (Å²) in [5, 5.41) is 10.1. The maximum Gasteiger partial charge on any atom is 0.261 e. The second kappa shape index (κ2) is 11.3. The molecule has 1 aliphatic rings. The van der Waals surface area contributed by atoms with Crippen LogP contribution >= 0.6 is 0 Å². The van der Waals surface area contributed by atoms with Crippen molar-refractivity contribution < 1.29 is 24.8 Å². The largest absolute Gasteiger partial charge is 0.364 e. The smallest absolute Gasteiger partial charge is 0.261 e. The van der Waals surface area contributed by atoms with Gasteiger partial charge in [-0.1, -0.05) is 50.6 Å². The predicted octanol–water partition coefficient (Wildman–Crippen LogP) is 5.46. The van der Waals surface area contributed by atoms with Crippen LogP contribution in [0.25, 0.3) is 17.5 Å². The van der Waals surface area contributed by atoms with Crippen LogP contribution in [0.1, 0.15) is 46.0 Å². The SMILES string of the molecule is CC.CCCS(=O)(=O)Nc1ccc(F)c(C(=O)NC2=Cn3nc(-c4ccc(C)cc4)cc3NC2)c1F.[HH].[HH]. The Kier molecular flexibility index (Phi) is 8.46. The molecule has 3 N–H and O–H groups in total. The van der Waals surface area contributed by atoms with E-state index in [-0.39, 0.29) is 15.2 Å². The standard InChI is InChI=1S/C23H23F2N5O3S.C2H6.2H2/c1-3-10-34(32,33)29-18-9-8-17(24)21(22(18)25)23(31)27-16-12-26-20-11-19(28-30(20)13-16)15-6-4-14(2)5-7-15;1-2;;/h4-9,11,13,26,29H,3,10,12H2,1-2H3,(H,27,31);1-2H3;2*1H. The Balaban J connectivity index is 0.00000176. The first-order valence-corrected chi connectivity index (χ1v) is 13.2. The lowest BCUT2D eigenvalue weighted by atomic mass is 10.1. The summed E-state index contributed by atoms with van der Waals surface area (Å²) in [5.74, 6) is -2.99. The highest BCUT2D eigenvalue weighted by Crippen LogP contribution is 2.26. The Labute approximate surface area is 212 Å². The van der Waals surface area contributed by atoms with Crippen LogP contribution in [0.3, 0.4) is 0 Å². The number of carbonyl (C=O) groups excluding carboxylic acids is 1. The van der Waals surface area contributed by atoms with Crippen LogP contribution in [0, 0.1) is 18.6 Å². The van der Waals surface area contributed by atoms with Gasteiger partial charge in [-0.15, -0.1) is 0 Å². The number of nitrogens with one attached hydrogen (secondary N) is 3. The lowest BCUT2D eigenvalue weighted by Crippen LogP contribution is -2.31. The fourth-order valence-corrected chi connectivity index (χ4v) is 4.61. The summed E-state index contributed by atoms with van der Waals surface area (Å²) in [6, 6.07) is 11.5. The van der Waals surface area contributed by atoms with E-state index in [0.717, 1.165) is 29.0 Å². The average molecular weight is 522 g/mol. The second-order valence-corrected chi connectivity index (χ2v) is 9.73. The molecule has 4 rings (SSSR count). The van der Waals surface area contributed by atoms with Crippen molar-refractivity contribution in [3.63, 3.8) is 0 Å². The Bertz CT molecular complexity index is 1390. The van der Waals surface area contributed by atoms with Gasteiger partial charge in [-0.3, -0.25) is 9.52 Å². The van der Waals surface area contributed by atoms with E-state index >= 15 is 0 Å². The van der Waals surface area contributed by atoms with Crippen molar-refractivity contribution in [2.24, 2.45) is 0 Å². The van der Waals surface area contributed by atoms with Crippen molar-refractivity contribution in [2.45, 2.75) is 34.1 Å². The predicted molar refractivity (Wildman–Crippen MR) is 142 cm³/mol. The maximum atomic E-state index is 14.9. The van der Waals surface area contributed by atoms with Gasteiger partial charge in [0.2, 0.25) is 10.0 Å². The zero-order valence-corrected chi connectivity index (χ0v) is 21.3. The third-order valence-corrected chi connectivity index (χ3v) is 6.63. The average Bonchev–Trinajstić information content (AvgIpc) is 3.26. The van der Waals surface area contributed by atoms with Crippen molar-refractivity contribution in [3.05, 3.63) is 70.9 Å². The number of amides is 1. The summed E-state index contributed by atoms with van der Waals surface area (Å²) in [6.07, 6.45) is 1.86. The van der Waals surface area contributed by atoms with E-state index in [4.69, 9.17) is 0 Å². The minimum absolute atomic E-state index is 0. The summed E-state index contributed by atoms with van der Waals surface area (Å²) in [4.78, 5) is 12.7. The molecule has 2 aromatic carbocycles. The monoisotopic (exact) mass is 521 g/mol. The van der Waals surface area contributed by atoms with Gasteiger partial charge in [0, 0.05) is 14.5 Å². The van der Waals surface area contributed by atoms with E-state index in [0.29, 0.717) is 17.9 Å². The van der Waals surface area contributed by atoms with Gasteiger partial charge >= 0.3 is 0 Å². The number of fused-ring (bicyclic) bond motifs is 1. The van der Waals surface area contributed by atoms with Crippen LogP contribution in [-0.4, -0.2) is 36.4 Å². The van der Waals surface area contributed by atoms with Crippen molar-refractivity contribution in [2.75, 3.05) is 22.3 Å². The van der Waals surface area contributed by atoms with Crippen molar-refractivity contribution >= 4 is 33.6 Å². The Morgan fingerprint density at radius 2 is 1.86 bits per heavy atom. The van der Waals surface area contributed by atoms with Gasteiger partial charge in [-0.25, -0.2) is 21.9 Å². The van der Waals surface area contributed by atoms with Crippen LogP contribution < -0.4 is 15.4 Å². The molecule has 3 aromatic rings. The summed E-state index contributed by atoms with van der Waals surface area (Å²) >= 11 is 0. The molecule has 8 nitrogen and oxygen atoms in total. The molecule has 1 aliphatic heterocycles. The second-order valence-electron chi connectivity index (χ2n) is 7.89. The third kappa shape index (κ3) is 6.09. The highest BCUT2D eigenvalue weighted by atomic mass is 32.2. The molecule has 1 aromatic heterocycles. The first kappa shape index (κ1) is 26.9. The van der Waals surface area contributed by atoms with Gasteiger partial charge in [0.15, 0.2) is 5.82 Å². The number of rotatable bonds is 7. The molecule has 0 saturated carbocycles. The zero-order chi connectivity index (χ0) is 26.5. The Hall–Kier alpha value is -3.73. The van der Waals surface area contributed by atoms with Crippen LogP contribution in [0.2, 0.25) is 0 Å². The van der Waals surface area contributed by atoms with Gasteiger partial charge in [-0.2, -0.15) is 5.10 Å². The number of aromatic nitrogens is 2. The fourth-order valence-electron chi connectivity index (χ4n) is 3.48. The fraction of sp³-hybridized carbons (Fsp3) is 0.280. The first-order chi connectivity index (χ1) is 17.2. The van der Waals surface area contributed by atoms with Gasteiger partial charge < -0.3 is 10.6 Å². The number of hydrogen-bond donors (Lipinski definition) is 3. The van der Waals surface area contributed by atoms with E-state index < -0.39 is 38.8 Å². The molecule has 0 atom stereocenters. The number of hydrogen-bond acceptors (Lipinski definition) is 5. The Morgan fingerprint density at radius 3 is 2.53 bits per heavy atom. The molecular formula is C25H33F2N5O3S. The molecule has 2 heterocycles. The molecule has 11 heteroatoms. The molecule has 0 unspecified atom stereocenters. The summed E-state index contributed by atoms with van der Waals surface area (Å²) in [7, 11) is -3.82. The van der Waals surface area contributed by atoms with E-state index in [1.807, 2.05) is 51.1 Å². The normalized spacial score (nSPS) is 12.4. The van der Waals surface area contributed by atoms with Gasteiger partial charge in [0.05, 0.1) is 35.6 Å². The van der Waals surface area contributed by atoms with Crippen molar-refractivity contribution in [1.29, 1.82) is 0 Å². The van der Waals surface area contributed by atoms with Crippen molar-refractivity contribution in [1.82, 2.24) is 15.1 Å². The summed E-state index contributed by atoms with van der Waals surface area (Å²) in [6.45, 7) is 7.83. The summed E-state index contributed by atoms with van der Waals surface area (Å²) < 4.78 is 56.8. The number of halogens is 2. The number of benzene rings is 2. The first-order valence-electron chi connectivity index (χ1n) is 11.6. The molecule has 1 amide bonds. The third-order valence-electron chi connectivity index (χ3n) is 5.15. The highest BCUT2D eigenvalue weighted by Gasteiger charge is 2.24. The van der Waals surface area contributed by atoms with Crippen LogP contribution in [0.15, 0.2) is 48.2 Å². The number of aryl methyl sites for hydroxylation is 1. The Morgan fingerprint density at radius 1 is 1.17 bits per heavy atom. The van der Waals surface area contributed by atoms with Crippen LogP contribution in [0.5, 0.6) is 0 Å². The molecule has 0 spiro atoms. The molecule has 196 valence electrons. The van der Waals surface area contributed by atoms with Gasteiger partial charge in [0.25, 0.3) is 5.91 Å². The minimum Gasteiger partial charge on any atom is -0.364 e. The number of sulfonamides is 1.